The molecule has 85 heavy (non-hydrogen) atoms. The molecule has 0 heterocycles. The van der Waals surface area contributed by atoms with E-state index in [1.807, 2.05) is 0 Å². The molecule has 0 aliphatic carbocycles. The zero-order valence-electron chi connectivity index (χ0n) is 54.7. The molecule has 0 radical (unpaired) electrons. The summed E-state index contributed by atoms with van der Waals surface area (Å²) in [5.74, 6) is -1.40. The number of rotatable bonds is 66. The van der Waals surface area contributed by atoms with Crippen molar-refractivity contribution in [3.8, 4) is 0 Å². The van der Waals surface area contributed by atoms with Crippen LogP contribution in [-0.4, -0.2) is 96.7 Å². The van der Waals surface area contributed by atoms with E-state index in [0.29, 0.717) is 25.7 Å². The fourth-order valence-electron chi connectivity index (χ4n) is 9.94. The highest BCUT2D eigenvalue weighted by Crippen LogP contribution is 2.45. The van der Waals surface area contributed by atoms with Crippen molar-refractivity contribution >= 4 is 39.5 Å². The zero-order valence-corrected chi connectivity index (χ0v) is 56.5. The number of phosphoric ester groups is 2. The number of esters is 4. The number of hydrogen-bond donors (Lipinski definition) is 3. The Morgan fingerprint density at radius 3 is 0.800 bits per heavy atom. The molecule has 19 heteroatoms. The predicted molar refractivity (Wildman–Crippen MR) is 340 cm³/mol. The Kier molecular flexibility index (Phi) is 58.3. The van der Waals surface area contributed by atoms with E-state index in [-0.39, 0.29) is 25.7 Å². The summed E-state index contributed by atoms with van der Waals surface area (Å²) in [4.78, 5) is 72.2. The van der Waals surface area contributed by atoms with Crippen LogP contribution in [0.5, 0.6) is 0 Å². The molecule has 0 aliphatic heterocycles. The van der Waals surface area contributed by atoms with Gasteiger partial charge in [0.15, 0.2) is 12.2 Å². The van der Waals surface area contributed by atoms with Gasteiger partial charge in [-0.25, -0.2) is 9.13 Å². The maximum Gasteiger partial charge on any atom is 0.472 e. The summed E-state index contributed by atoms with van der Waals surface area (Å²) < 4.78 is 68.0. The quantitative estimate of drug-likeness (QED) is 0.0222. The van der Waals surface area contributed by atoms with Gasteiger partial charge in [0.1, 0.15) is 19.3 Å². The van der Waals surface area contributed by atoms with Crippen LogP contribution in [0, 0.1) is 5.92 Å². The lowest BCUT2D eigenvalue weighted by Gasteiger charge is -2.21. The van der Waals surface area contributed by atoms with Crippen LogP contribution in [0.25, 0.3) is 0 Å². The molecule has 0 aromatic rings. The van der Waals surface area contributed by atoms with Crippen molar-refractivity contribution < 1.29 is 80.2 Å². The third kappa shape index (κ3) is 60.7. The van der Waals surface area contributed by atoms with Gasteiger partial charge in [0.2, 0.25) is 0 Å². The first-order valence-corrected chi connectivity index (χ1v) is 37.6. The van der Waals surface area contributed by atoms with E-state index in [0.717, 1.165) is 95.8 Å². The van der Waals surface area contributed by atoms with Crippen LogP contribution in [0.3, 0.4) is 0 Å². The van der Waals surface area contributed by atoms with Gasteiger partial charge in [-0.15, -0.1) is 0 Å². The lowest BCUT2D eigenvalue weighted by Crippen LogP contribution is -2.30. The second-order valence-corrected chi connectivity index (χ2v) is 27.2. The van der Waals surface area contributed by atoms with E-state index in [1.165, 1.54) is 161 Å². The minimum absolute atomic E-state index is 0.106. The number of carbonyl (C=O) groups is 4. The Bertz CT molecular complexity index is 1650. The Morgan fingerprint density at radius 1 is 0.318 bits per heavy atom. The third-order valence-corrected chi connectivity index (χ3v) is 17.2. The van der Waals surface area contributed by atoms with E-state index in [1.54, 1.807) is 0 Å². The molecule has 5 atom stereocenters. The van der Waals surface area contributed by atoms with Gasteiger partial charge in [-0.3, -0.25) is 37.3 Å². The molecule has 0 aromatic heterocycles. The molecular weight excluding hydrogens is 1130 g/mol. The van der Waals surface area contributed by atoms with Crippen LogP contribution in [0.1, 0.15) is 336 Å². The zero-order chi connectivity index (χ0) is 62.8. The van der Waals surface area contributed by atoms with Crippen LogP contribution in [0.15, 0.2) is 0 Å². The van der Waals surface area contributed by atoms with Crippen molar-refractivity contribution in [2.24, 2.45) is 5.92 Å². The molecule has 0 bridgehead atoms. The van der Waals surface area contributed by atoms with E-state index in [4.69, 9.17) is 37.0 Å². The standard InChI is InChI=1S/C66H128O17P2/c1-6-9-12-15-18-21-22-23-24-25-26-27-30-37-42-47-52-66(71)83-62(56-77-64(69)50-45-40-35-32-31-33-38-43-48-59(4)5)58-81-85(74,75)79-54-60(67)53-78-84(72,73)80-57-61(82-65(70)51-46-41-36-29-20-17-14-11-8-3)55-76-63(68)49-44-39-34-28-19-16-13-10-7-2/h59-62,67H,6-58H2,1-5H3,(H,72,73)(H,74,75)/t60-,61+,62+/m0/s1. The maximum absolute atomic E-state index is 13.0. The third-order valence-electron chi connectivity index (χ3n) is 15.3. The molecule has 0 aliphatic rings. The normalized spacial score (nSPS) is 14.2. The Labute approximate surface area is 517 Å². The minimum Gasteiger partial charge on any atom is -0.462 e. The first-order chi connectivity index (χ1) is 41.0. The highest BCUT2D eigenvalue weighted by molar-refractivity contribution is 7.47. The van der Waals surface area contributed by atoms with Crippen molar-refractivity contribution in [3.63, 3.8) is 0 Å². The van der Waals surface area contributed by atoms with E-state index in [9.17, 15) is 43.2 Å². The van der Waals surface area contributed by atoms with Crippen molar-refractivity contribution in [2.45, 2.75) is 355 Å². The van der Waals surface area contributed by atoms with Gasteiger partial charge in [-0.05, 0) is 31.6 Å². The van der Waals surface area contributed by atoms with Crippen LogP contribution < -0.4 is 0 Å². The van der Waals surface area contributed by atoms with Crippen LogP contribution >= 0.6 is 15.6 Å². The van der Waals surface area contributed by atoms with Gasteiger partial charge >= 0.3 is 39.5 Å². The summed E-state index contributed by atoms with van der Waals surface area (Å²) in [7, 11) is -9.89. The molecule has 17 nitrogen and oxygen atoms in total. The van der Waals surface area contributed by atoms with Crippen LogP contribution in [-0.2, 0) is 65.4 Å². The summed E-state index contributed by atoms with van der Waals surface area (Å²) >= 11 is 0. The Hall–Kier alpha value is -1.94. The lowest BCUT2D eigenvalue weighted by atomic mass is 10.0. The average molecular weight is 1260 g/mol. The monoisotopic (exact) mass is 1250 g/mol. The number of hydrogen-bond acceptors (Lipinski definition) is 15. The summed E-state index contributed by atoms with van der Waals surface area (Å²) in [5.41, 5.74) is 0. The summed E-state index contributed by atoms with van der Waals surface area (Å²) in [5, 5.41) is 10.5. The number of phosphoric acid groups is 2. The number of aliphatic hydroxyl groups is 1. The highest BCUT2D eigenvalue weighted by atomic mass is 31.2. The van der Waals surface area contributed by atoms with E-state index >= 15 is 0 Å². The minimum atomic E-state index is -4.95. The van der Waals surface area contributed by atoms with E-state index in [2.05, 4.69) is 34.6 Å². The molecule has 0 amide bonds. The highest BCUT2D eigenvalue weighted by Gasteiger charge is 2.30. The fraction of sp³-hybridized carbons (Fsp3) is 0.939. The number of unbranched alkanes of at least 4 members (excludes halogenated alkanes) is 38. The van der Waals surface area contributed by atoms with Gasteiger partial charge in [0.05, 0.1) is 26.4 Å². The van der Waals surface area contributed by atoms with Gasteiger partial charge in [-0.2, -0.15) is 0 Å². The van der Waals surface area contributed by atoms with Crippen molar-refractivity contribution in [2.75, 3.05) is 39.6 Å². The summed E-state index contributed by atoms with van der Waals surface area (Å²) in [6.45, 7) is 7.15. The SMILES string of the molecule is CCCCCCCCCCCCCCCCCCC(=O)O[C@H](COC(=O)CCCCCCCCCCC(C)C)COP(=O)(O)OC[C@@H](O)COP(=O)(O)OC[C@@H](COC(=O)CCCCCCCCCCC)OC(=O)CCCCCCCCCCC. The van der Waals surface area contributed by atoms with Crippen LogP contribution in [0.2, 0.25) is 0 Å². The molecule has 2 unspecified atom stereocenters. The van der Waals surface area contributed by atoms with Crippen molar-refractivity contribution in [3.05, 3.63) is 0 Å². The largest absolute Gasteiger partial charge is 0.472 e. The second-order valence-electron chi connectivity index (χ2n) is 24.3. The molecular formula is C66H128O17P2. The molecule has 3 N–H and O–H groups in total. The Balaban J connectivity index is 5.21. The predicted octanol–water partition coefficient (Wildman–Crippen LogP) is 18.6. The average Bonchev–Trinajstić information content (AvgIpc) is 3.55. The number of aliphatic hydroxyl groups excluding tert-OH is 1. The summed E-state index contributed by atoms with van der Waals surface area (Å²) in [6.07, 6.45) is 44.5. The van der Waals surface area contributed by atoms with Gasteiger partial charge in [0, 0.05) is 25.7 Å². The Morgan fingerprint density at radius 2 is 0.541 bits per heavy atom. The van der Waals surface area contributed by atoms with Gasteiger partial charge < -0.3 is 33.8 Å². The van der Waals surface area contributed by atoms with E-state index < -0.39 is 97.5 Å². The van der Waals surface area contributed by atoms with Crippen molar-refractivity contribution in [1.82, 2.24) is 0 Å². The molecule has 0 spiro atoms. The lowest BCUT2D eigenvalue weighted by molar-refractivity contribution is -0.161. The molecule has 0 rings (SSSR count). The fourth-order valence-corrected chi connectivity index (χ4v) is 11.5. The second kappa shape index (κ2) is 59.7. The van der Waals surface area contributed by atoms with Gasteiger partial charge in [0.25, 0.3) is 0 Å². The van der Waals surface area contributed by atoms with Crippen LogP contribution in [0.4, 0.5) is 0 Å². The summed E-state index contributed by atoms with van der Waals surface area (Å²) in [6, 6.07) is 0. The molecule has 0 saturated carbocycles. The first kappa shape index (κ1) is 83.1. The molecule has 0 aromatic carbocycles. The first-order valence-electron chi connectivity index (χ1n) is 34.6. The van der Waals surface area contributed by atoms with Crippen molar-refractivity contribution in [1.29, 1.82) is 0 Å². The number of ether oxygens (including phenoxy) is 4. The molecule has 0 saturated heterocycles. The number of carbonyl (C=O) groups excluding carboxylic acids is 4. The smallest absolute Gasteiger partial charge is 0.462 e. The molecule has 504 valence electrons. The maximum atomic E-state index is 13.0. The molecule has 0 fully saturated rings. The van der Waals surface area contributed by atoms with Gasteiger partial charge in [-0.1, -0.05) is 285 Å². The topological polar surface area (TPSA) is 237 Å².